The fraction of sp³-hybridized carbons (Fsp3) is 0.214. The first-order valence-electron chi connectivity index (χ1n) is 6.00. The maximum atomic E-state index is 11.9. The lowest BCUT2D eigenvalue weighted by Gasteiger charge is -2.06. The summed E-state index contributed by atoms with van der Waals surface area (Å²) in [5, 5.41) is 13.5. The molecule has 1 amide bonds. The molecule has 0 radical (unpaired) electrons. The van der Waals surface area contributed by atoms with Gasteiger partial charge in [-0.2, -0.15) is 0 Å². The van der Waals surface area contributed by atoms with Gasteiger partial charge in [0.1, 0.15) is 5.01 Å². The Morgan fingerprint density at radius 2 is 1.90 bits per heavy atom. The predicted octanol–water partition coefficient (Wildman–Crippen LogP) is 2.64. The van der Waals surface area contributed by atoms with Crippen LogP contribution in [0.25, 0.3) is 0 Å². The quantitative estimate of drug-likeness (QED) is 0.907. The average Bonchev–Trinajstić information content (AvgIpc) is 2.75. The summed E-state index contributed by atoms with van der Waals surface area (Å²) in [5.41, 5.74) is 2.86. The van der Waals surface area contributed by atoms with Crippen molar-refractivity contribution in [2.75, 3.05) is 5.32 Å². The minimum Gasteiger partial charge on any atom is -0.476 e. The molecule has 0 atom stereocenters. The third-order valence-corrected chi connectivity index (χ3v) is 3.44. The second-order valence-electron chi connectivity index (χ2n) is 4.53. The van der Waals surface area contributed by atoms with E-state index in [9.17, 15) is 9.59 Å². The third kappa shape index (κ3) is 3.64. The molecule has 0 saturated carbocycles. The number of carboxylic acids is 1. The van der Waals surface area contributed by atoms with Gasteiger partial charge in [-0.3, -0.25) is 4.79 Å². The Morgan fingerprint density at radius 3 is 2.45 bits per heavy atom. The van der Waals surface area contributed by atoms with Crippen LogP contribution in [0.4, 0.5) is 5.69 Å². The van der Waals surface area contributed by atoms with Crippen molar-refractivity contribution >= 4 is 28.9 Å². The number of hydrogen-bond donors (Lipinski definition) is 2. The van der Waals surface area contributed by atoms with E-state index in [1.54, 1.807) is 0 Å². The highest BCUT2D eigenvalue weighted by Gasteiger charge is 2.12. The number of carbonyl (C=O) groups excluding carboxylic acids is 1. The van der Waals surface area contributed by atoms with E-state index >= 15 is 0 Å². The average molecular weight is 290 g/mol. The van der Waals surface area contributed by atoms with Gasteiger partial charge >= 0.3 is 5.97 Å². The Labute approximate surface area is 120 Å². The van der Waals surface area contributed by atoms with Crippen LogP contribution in [0.15, 0.2) is 23.6 Å². The second-order valence-corrected chi connectivity index (χ2v) is 5.48. The number of anilines is 1. The molecule has 0 spiro atoms. The molecule has 0 aliphatic rings. The van der Waals surface area contributed by atoms with Gasteiger partial charge in [-0.05, 0) is 37.1 Å². The highest BCUT2D eigenvalue weighted by molar-refractivity contribution is 7.09. The fourth-order valence-electron chi connectivity index (χ4n) is 1.88. The molecule has 0 aliphatic heterocycles. The maximum absolute atomic E-state index is 11.9. The van der Waals surface area contributed by atoms with Crippen LogP contribution in [0.2, 0.25) is 0 Å². The van der Waals surface area contributed by atoms with E-state index in [1.807, 2.05) is 32.0 Å². The molecule has 1 aromatic heterocycles. The Balaban J connectivity index is 2.03. The lowest BCUT2D eigenvalue weighted by atomic mass is 10.1. The number of hydrogen-bond acceptors (Lipinski definition) is 4. The van der Waals surface area contributed by atoms with Crippen molar-refractivity contribution in [1.29, 1.82) is 0 Å². The summed E-state index contributed by atoms with van der Waals surface area (Å²) in [4.78, 5) is 26.5. The van der Waals surface area contributed by atoms with Crippen molar-refractivity contribution in [1.82, 2.24) is 4.98 Å². The first kappa shape index (κ1) is 14.2. The molecule has 0 aliphatic carbocycles. The van der Waals surface area contributed by atoms with Crippen molar-refractivity contribution in [3.8, 4) is 0 Å². The van der Waals surface area contributed by atoms with Crippen LogP contribution < -0.4 is 5.32 Å². The number of carbonyl (C=O) groups is 2. The number of benzene rings is 1. The largest absolute Gasteiger partial charge is 0.476 e. The van der Waals surface area contributed by atoms with Crippen molar-refractivity contribution in [3.05, 3.63) is 45.4 Å². The number of nitrogens with one attached hydrogen (secondary N) is 1. The lowest BCUT2D eigenvalue weighted by molar-refractivity contribution is -0.115. The van der Waals surface area contributed by atoms with Crippen molar-refractivity contribution in [2.24, 2.45) is 0 Å². The fourth-order valence-corrected chi connectivity index (χ4v) is 2.65. The van der Waals surface area contributed by atoms with Crippen LogP contribution in [-0.4, -0.2) is 22.0 Å². The molecular formula is C14H14N2O3S. The summed E-state index contributed by atoms with van der Waals surface area (Å²) in [6.45, 7) is 3.92. The van der Waals surface area contributed by atoms with Gasteiger partial charge in [-0.15, -0.1) is 11.3 Å². The van der Waals surface area contributed by atoms with Gasteiger partial charge in [0, 0.05) is 11.1 Å². The molecular weight excluding hydrogens is 276 g/mol. The van der Waals surface area contributed by atoms with Crippen LogP contribution in [0, 0.1) is 13.8 Å². The highest BCUT2D eigenvalue weighted by atomic mass is 32.1. The summed E-state index contributed by atoms with van der Waals surface area (Å²) in [6, 6.07) is 5.79. The number of nitrogens with zero attached hydrogens (tertiary/aromatic N) is 1. The van der Waals surface area contributed by atoms with E-state index in [-0.39, 0.29) is 18.0 Å². The first-order valence-corrected chi connectivity index (χ1v) is 6.88. The monoisotopic (exact) mass is 290 g/mol. The number of amides is 1. The van der Waals surface area contributed by atoms with Crippen LogP contribution in [0.3, 0.4) is 0 Å². The predicted molar refractivity (Wildman–Crippen MR) is 77.3 cm³/mol. The zero-order valence-electron chi connectivity index (χ0n) is 11.1. The molecule has 0 fully saturated rings. The number of aromatic nitrogens is 1. The summed E-state index contributed by atoms with van der Waals surface area (Å²) in [7, 11) is 0. The molecule has 6 heteroatoms. The van der Waals surface area contributed by atoms with Gasteiger partial charge in [-0.1, -0.05) is 6.07 Å². The standard InChI is InChI=1S/C14H14N2O3S/c1-8-3-9(2)5-10(4-8)15-12(17)6-13-16-11(7-20-13)14(18)19/h3-5,7H,6H2,1-2H3,(H,15,17)(H,18,19). The van der Waals surface area contributed by atoms with Gasteiger partial charge in [0.2, 0.25) is 5.91 Å². The van der Waals surface area contributed by atoms with E-state index in [1.165, 1.54) is 16.7 Å². The molecule has 5 nitrogen and oxygen atoms in total. The van der Waals surface area contributed by atoms with Crippen LogP contribution in [0.5, 0.6) is 0 Å². The van der Waals surface area contributed by atoms with E-state index < -0.39 is 5.97 Å². The number of aromatic carboxylic acids is 1. The molecule has 104 valence electrons. The van der Waals surface area contributed by atoms with Gasteiger partial charge < -0.3 is 10.4 Å². The van der Waals surface area contributed by atoms with E-state index in [4.69, 9.17) is 5.11 Å². The molecule has 20 heavy (non-hydrogen) atoms. The second kappa shape index (κ2) is 5.83. The number of rotatable bonds is 4. The van der Waals surface area contributed by atoms with Crippen LogP contribution in [0.1, 0.15) is 26.6 Å². The SMILES string of the molecule is Cc1cc(C)cc(NC(=O)Cc2nc(C(=O)O)cs2)c1. The first-order chi connectivity index (χ1) is 9.44. The summed E-state index contributed by atoms with van der Waals surface area (Å²) in [6.07, 6.45) is 0.0743. The topological polar surface area (TPSA) is 79.3 Å². The van der Waals surface area contributed by atoms with E-state index in [0.717, 1.165) is 16.8 Å². The minimum absolute atomic E-state index is 0.0239. The Morgan fingerprint density at radius 1 is 1.25 bits per heavy atom. The normalized spacial score (nSPS) is 10.3. The third-order valence-electron chi connectivity index (χ3n) is 2.59. The summed E-state index contributed by atoms with van der Waals surface area (Å²) in [5.74, 6) is -1.29. The molecule has 1 heterocycles. The van der Waals surface area contributed by atoms with Crippen LogP contribution in [-0.2, 0) is 11.2 Å². The van der Waals surface area contributed by atoms with Crippen molar-refractivity contribution < 1.29 is 14.7 Å². The van der Waals surface area contributed by atoms with Gasteiger partial charge in [0.05, 0.1) is 6.42 Å². The molecule has 0 unspecified atom stereocenters. The summed E-state index contributed by atoms with van der Waals surface area (Å²) < 4.78 is 0. The molecule has 2 rings (SSSR count). The Kier molecular flexibility index (Phi) is 4.14. The molecule has 2 aromatic rings. The number of aryl methyl sites for hydroxylation is 2. The van der Waals surface area contributed by atoms with E-state index in [2.05, 4.69) is 10.3 Å². The smallest absolute Gasteiger partial charge is 0.355 e. The van der Waals surface area contributed by atoms with Gasteiger partial charge in [0.15, 0.2) is 5.69 Å². The molecule has 1 aromatic carbocycles. The lowest BCUT2D eigenvalue weighted by Crippen LogP contribution is -2.14. The minimum atomic E-state index is -1.08. The Bertz CT molecular complexity index is 644. The van der Waals surface area contributed by atoms with Crippen LogP contribution >= 0.6 is 11.3 Å². The highest BCUT2D eigenvalue weighted by Crippen LogP contribution is 2.15. The number of carboxylic acid groups (broad SMARTS) is 1. The molecule has 2 N–H and O–H groups in total. The number of thiazole rings is 1. The summed E-state index contributed by atoms with van der Waals surface area (Å²) >= 11 is 1.17. The van der Waals surface area contributed by atoms with Crippen molar-refractivity contribution in [3.63, 3.8) is 0 Å². The molecule has 0 bridgehead atoms. The van der Waals surface area contributed by atoms with Gasteiger partial charge in [-0.25, -0.2) is 9.78 Å². The molecule has 0 saturated heterocycles. The maximum Gasteiger partial charge on any atom is 0.355 e. The van der Waals surface area contributed by atoms with Gasteiger partial charge in [0.25, 0.3) is 0 Å². The zero-order valence-corrected chi connectivity index (χ0v) is 12.0. The van der Waals surface area contributed by atoms with E-state index in [0.29, 0.717) is 5.01 Å². The zero-order chi connectivity index (χ0) is 14.7. The Hall–Kier alpha value is -2.21. The van der Waals surface area contributed by atoms with Crippen molar-refractivity contribution in [2.45, 2.75) is 20.3 Å².